The highest BCUT2D eigenvalue weighted by Gasteiger charge is 2.25. The Balaban J connectivity index is 1.67. The van der Waals surface area contributed by atoms with E-state index >= 15 is 0 Å². The third-order valence-corrected chi connectivity index (χ3v) is 7.00. The van der Waals surface area contributed by atoms with E-state index in [2.05, 4.69) is 30.3 Å². The van der Waals surface area contributed by atoms with Crippen molar-refractivity contribution in [2.45, 2.75) is 58.0 Å². The number of pyridine rings is 1. The number of cyclic esters (lactones) is 1. The molecule has 0 aliphatic carbocycles. The molecular weight excluding hydrogens is 438 g/mol. The quantitative estimate of drug-likeness (QED) is 0.469. The average Bonchev–Trinajstić information content (AvgIpc) is 3.39. The molecule has 0 radical (unpaired) electrons. The van der Waals surface area contributed by atoms with Gasteiger partial charge in [-0.2, -0.15) is 10.1 Å². The molecule has 0 amide bonds. The highest BCUT2D eigenvalue weighted by molar-refractivity contribution is 7.90. The smallest absolute Gasteiger partial charge is 0.307 e. The number of nitrogens with zero attached hydrogens (tertiary/aromatic N) is 5. The van der Waals surface area contributed by atoms with E-state index in [-0.39, 0.29) is 36.7 Å². The standard InChI is InChI=1S/C19H25N7O5S/c1-4-26-18-13(9-21-26)17(23-12-5-6-30-16(27)7-12)14(8-20-18)19-24-15(25-31-19)10-22-32(28,29)11(2)3/h8-9,11-12,22H,4-7,10H2,1-3H3,(H,20,23). The summed E-state index contributed by atoms with van der Waals surface area (Å²) in [5.74, 6) is 0.117. The number of anilines is 1. The summed E-state index contributed by atoms with van der Waals surface area (Å²) in [5.41, 5.74) is 1.89. The van der Waals surface area contributed by atoms with Crippen molar-refractivity contribution < 1.29 is 22.5 Å². The minimum absolute atomic E-state index is 0.0926. The molecule has 1 unspecified atom stereocenters. The number of aromatic nitrogens is 5. The van der Waals surface area contributed by atoms with E-state index in [0.29, 0.717) is 36.5 Å². The maximum atomic E-state index is 12.0. The minimum atomic E-state index is -3.46. The van der Waals surface area contributed by atoms with Gasteiger partial charge >= 0.3 is 5.97 Å². The van der Waals surface area contributed by atoms with Gasteiger partial charge in [-0.25, -0.2) is 22.8 Å². The molecule has 12 nitrogen and oxygen atoms in total. The first-order valence-electron chi connectivity index (χ1n) is 10.4. The SMILES string of the molecule is CCn1ncc2c(NC3CCOC(=O)C3)c(-c3nc(CNS(=O)(=O)C(C)C)no3)cnc21. The second kappa shape index (κ2) is 8.82. The zero-order valence-corrected chi connectivity index (χ0v) is 18.8. The predicted molar refractivity (Wildman–Crippen MR) is 115 cm³/mol. The average molecular weight is 464 g/mol. The van der Waals surface area contributed by atoms with Crippen molar-refractivity contribution in [2.75, 3.05) is 11.9 Å². The lowest BCUT2D eigenvalue weighted by molar-refractivity contribution is -0.147. The van der Waals surface area contributed by atoms with Crippen molar-refractivity contribution in [2.24, 2.45) is 0 Å². The fraction of sp³-hybridized carbons (Fsp3) is 0.526. The number of hydrogen-bond donors (Lipinski definition) is 2. The number of hydrogen-bond acceptors (Lipinski definition) is 10. The number of sulfonamides is 1. The number of carbonyl (C=O) groups excluding carboxylic acids is 1. The van der Waals surface area contributed by atoms with E-state index in [1.807, 2.05) is 6.92 Å². The van der Waals surface area contributed by atoms with Crippen LogP contribution in [0.2, 0.25) is 0 Å². The van der Waals surface area contributed by atoms with E-state index in [4.69, 9.17) is 9.26 Å². The monoisotopic (exact) mass is 463 g/mol. The van der Waals surface area contributed by atoms with E-state index in [1.54, 1.807) is 30.9 Å². The van der Waals surface area contributed by atoms with Crippen LogP contribution in [0.1, 0.15) is 39.4 Å². The van der Waals surface area contributed by atoms with Gasteiger partial charge in [0.05, 0.1) is 47.7 Å². The van der Waals surface area contributed by atoms with Gasteiger partial charge in [-0.15, -0.1) is 0 Å². The normalized spacial score (nSPS) is 17.1. The highest BCUT2D eigenvalue weighted by atomic mass is 32.2. The molecule has 0 aromatic carbocycles. The summed E-state index contributed by atoms with van der Waals surface area (Å²) >= 11 is 0. The van der Waals surface area contributed by atoms with Crippen molar-refractivity contribution in [3.8, 4) is 11.5 Å². The van der Waals surface area contributed by atoms with Crippen LogP contribution in [0, 0.1) is 0 Å². The van der Waals surface area contributed by atoms with Crippen molar-refractivity contribution in [1.29, 1.82) is 0 Å². The lowest BCUT2D eigenvalue weighted by atomic mass is 10.1. The number of esters is 1. The third-order valence-electron chi connectivity index (χ3n) is 5.21. The van der Waals surface area contributed by atoms with Gasteiger partial charge in [0.1, 0.15) is 0 Å². The molecule has 172 valence electrons. The van der Waals surface area contributed by atoms with Crippen molar-refractivity contribution in [3.63, 3.8) is 0 Å². The Labute approximate surface area is 184 Å². The molecule has 2 N–H and O–H groups in total. The van der Waals surface area contributed by atoms with Gasteiger partial charge in [0.25, 0.3) is 5.89 Å². The molecule has 1 fully saturated rings. The summed E-state index contributed by atoms with van der Waals surface area (Å²) in [5, 5.41) is 11.9. The van der Waals surface area contributed by atoms with Crippen LogP contribution in [0.25, 0.3) is 22.5 Å². The first kappa shape index (κ1) is 22.1. The van der Waals surface area contributed by atoms with Gasteiger partial charge in [0, 0.05) is 25.2 Å². The number of rotatable bonds is 8. The Hall–Kier alpha value is -3.06. The molecule has 0 spiro atoms. The fourth-order valence-electron chi connectivity index (χ4n) is 3.35. The van der Waals surface area contributed by atoms with E-state index < -0.39 is 15.3 Å². The number of ether oxygens (including phenoxy) is 1. The van der Waals surface area contributed by atoms with Gasteiger partial charge in [-0.3, -0.25) is 4.79 Å². The summed E-state index contributed by atoms with van der Waals surface area (Å²) in [7, 11) is -3.46. The zero-order valence-electron chi connectivity index (χ0n) is 18.0. The molecule has 0 saturated carbocycles. The van der Waals surface area contributed by atoms with Gasteiger partial charge in [0.2, 0.25) is 10.0 Å². The highest BCUT2D eigenvalue weighted by Crippen LogP contribution is 2.34. The van der Waals surface area contributed by atoms with Crippen molar-refractivity contribution >= 4 is 32.7 Å². The minimum Gasteiger partial charge on any atom is -0.466 e. The Morgan fingerprint density at radius 1 is 1.31 bits per heavy atom. The molecule has 1 aliphatic rings. The predicted octanol–water partition coefficient (Wildman–Crippen LogP) is 1.45. The molecule has 3 aromatic heterocycles. The molecule has 32 heavy (non-hydrogen) atoms. The van der Waals surface area contributed by atoms with Crippen LogP contribution in [0.3, 0.4) is 0 Å². The fourth-order valence-corrected chi connectivity index (χ4v) is 4.01. The Morgan fingerprint density at radius 3 is 2.84 bits per heavy atom. The van der Waals surface area contributed by atoms with Gasteiger partial charge < -0.3 is 14.6 Å². The lowest BCUT2D eigenvalue weighted by Gasteiger charge is -2.24. The van der Waals surface area contributed by atoms with Crippen LogP contribution in [0.5, 0.6) is 0 Å². The first-order valence-corrected chi connectivity index (χ1v) is 11.9. The van der Waals surface area contributed by atoms with Crippen molar-refractivity contribution in [3.05, 3.63) is 18.2 Å². The van der Waals surface area contributed by atoms with Crippen LogP contribution >= 0.6 is 0 Å². The second-order valence-corrected chi connectivity index (χ2v) is 10.1. The van der Waals surface area contributed by atoms with Crippen molar-refractivity contribution in [1.82, 2.24) is 29.6 Å². The maximum absolute atomic E-state index is 12.0. The van der Waals surface area contributed by atoms with E-state index in [0.717, 1.165) is 5.39 Å². The topological polar surface area (TPSA) is 154 Å². The first-order chi connectivity index (χ1) is 15.3. The zero-order chi connectivity index (χ0) is 22.9. The largest absolute Gasteiger partial charge is 0.466 e. The summed E-state index contributed by atoms with van der Waals surface area (Å²) in [6, 6.07) is -0.134. The molecular formula is C19H25N7O5S. The third kappa shape index (κ3) is 4.43. The molecule has 1 saturated heterocycles. The Bertz CT molecular complexity index is 1230. The molecule has 4 heterocycles. The number of carbonyl (C=O) groups is 1. The number of aryl methyl sites for hydroxylation is 1. The van der Waals surface area contributed by atoms with E-state index in [9.17, 15) is 13.2 Å². The number of fused-ring (bicyclic) bond motifs is 1. The molecule has 0 bridgehead atoms. The molecule has 1 aliphatic heterocycles. The molecule has 3 aromatic rings. The summed E-state index contributed by atoms with van der Waals surface area (Å²) in [6.07, 6.45) is 4.20. The van der Waals surface area contributed by atoms with Crippen LogP contribution in [-0.2, 0) is 32.6 Å². The van der Waals surface area contributed by atoms with Crippen LogP contribution < -0.4 is 10.0 Å². The van der Waals surface area contributed by atoms with Crippen LogP contribution in [-0.4, -0.2) is 57.2 Å². The van der Waals surface area contributed by atoms with Gasteiger partial charge in [-0.05, 0) is 20.8 Å². The molecule has 13 heteroatoms. The number of nitrogens with one attached hydrogen (secondary N) is 2. The summed E-state index contributed by atoms with van der Waals surface area (Å²) < 4.78 is 38.7. The lowest BCUT2D eigenvalue weighted by Crippen LogP contribution is -2.31. The van der Waals surface area contributed by atoms with Gasteiger partial charge in [0.15, 0.2) is 11.5 Å². The van der Waals surface area contributed by atoms with Gasteiger partial charge in [-0.1, -0.05) is 5.16 Å². The van der Waals surface area contributed by atoms with Crippen LogP contribution in [0.4, 0.5) is 5.69 Å². The maximum Gasteiger partial charge on any atom is 0.307 e. The summed E-state index contributed by atoms with van der Waals surface area (Å²) in [4.78, 5) is 20.6. The van der Waals surface area contributed by atoms with E-state index in [1.165, 1.54) is 0 Å². The molecule has 4 rings (SSSR count). The summed E-state index contributed by atoms with van der Waals surface area (Å²) in [6.45, 7) is 6.03. The Morgan fingerprint density at radius 2 is 2.12 bits per heavy atom. The second-order valence-electron chi connectivity index (χ2n) is 7.73. The molecule has 1 atom stereocenters. The van der Waals surface area contributed by atoms with Crippen LogP contribution in [0.15, 0.2) is 16.9 Å². The Kier molecular flexibility index (Phi) is 6.11.